The number of carboxylic acid groups (broad SMARTS) is 1. The average Bonchev–Trinajstić information content (AvgIpc) is 2.75. The summed E-state index contributed by atoms with van der Waals surface area (Å²) in [6.45, 7) is 0. The van der Waals surface area contributed by atoms with Crippen molar-refractivity contribution in [2.45, 2.75) is 37.6 Å². The number of rotatable bonds is 4. The maximum Gasteiger partial charge on any atom is 0.305 e. The molecule has 1 fully saturated rings. The molecule has 2 rings (SSSR count). The van der Waals surface area contributed by atoms with Gasteiger partial charge in [-0.05, 0) is 25.0 Å². The van der Waals surface area contributed by atoms with Crippen LogP contribution < -0.4 is 5.32 Å². The molecule has 0 heterocycles. The summed E-state index contributed by atoms with van der Waals surface area (Å²) in [5, 5.41) is 11.5. The molecular formula is C14H15F2NO3. The zero-order valence-corrected chi connectivity index (χ0v) is 10.8. The van der Waals surface area contributed by atoms with E-state index >= 15 is 0 Å². The minimum atomic E-state index is -1.04. The fourth-order valence-corrected chi connectivity index (χ4v) is 2.71. The van der Waals surface area contributed by atoms with Gasteiger partial charge in [0.25, 0.3) is 5.91 Å². The van der Waals surface area contributed by atoms with Gasteiger partial charge in [0.2, 0.25) is 0 Å². The number of carboxylic acids is 1. The van der Waals surface area contributed by atoms with Crippen LogP contribution in [0.1, 0.15) is 42.5 Å². The third-order valence-corrected chi connectivity index (χ3v) is 3.62. The Morgan fingerprint density at radius 1 is 1.20 bits per heavy atom. The molecule has 0 radical (unpaired) electrons. The molecule has 6 heteroatoms. The molecule has 4 nitrogen and oxygen atoms in total. The highest BCUT2D eigenvalue weighted by Crippen LogP contribution is 2.33. The zero-order chi connectivity index (χ0) is 14.8. The first kappa shape index (κ1) is 14.4. The molecule has 0 bridgehead atoms. The molecule has 1 saturated carbocycles. The first-order valence-electron chi connectivity index (χ1n) is 6.42. The maximum atomic E-state index is 13.5. The molecular weight excluding hydrogens is 268 g/mol. The lowest BCUT2D eigenvalue weighted by Crippen LogP contribution is -2.48. The quantitative estimate of drug-likeness (QED) is 0.892. The fraction of sp³-hybridized carbons (Fsp3) is 0.429. The number of benzene rings is 1. The van der Waals surface area contributed by atoms with Crippen molar-refractivity contribution < 1.29 is 23.5 Å². The minimum absolute atomic E-state index is 0.241. The highest BCUT2D eigenvalue weighted by atomic mass is 19.1. The lowest BCUT2D eigenvalue weighted by Gasteiger charge is -2.28. The Balaban J connectivity index is 2.23. The Hall–Kier alpha value is -1.98. The number of carbonyl (C=O) groups is 2. The van der Waals surface area contributed by atoms with Crippen LogP contribution in [0.25, 0.3) is 0 Å². The molecule has 1 aliphatic rings. The van der Waals surface area contributed by atoms with Crippen molar-refractivity contribution in [3.63, 3.8) is 0 Å². The smallest absolute Gasteiger partial charge is 0.305 e. The molecule has 1 aromatic rings. The Kier molecular flexibility index (Phi) is 4.01. The van der Waals surface area contributed by atoms with Crippen molar-refractivity contribution in [2.24, 2.45) is 0 Å². The number of halogens is 2. The van der Waals surface area contributed by atoms with Gasteiger partial charge in [0, 0.05) is 0 Å². The highest BCUT2D eigenvalue weighted by Gasteiger charge is 2.38. The third-order valence-electron chi connectivity index (χ3n) is 3.62. The first-order valence-corrected chi connectivity index (χ1v) is 6.42. The molecule has 0 atom stereocenters. The first-order chi connectivity index (χ1) is 9.43. The van der Waals surface area contributed by atoms with Gasteiger partial charge in [-0.15, -0.1) is 0 Å². The van der Waals surface area contributed by atoms with Crippen LogP contribution in [0, 0.1) is 11.6 Å². The van der Waals surface area contributed by atoms with Crippen molar-refractivity contribution in [3.8, 4) is 0 Å². The van der Waals surface area contributed by atoms with E-state index in [1.165, 1.54) is 6.07 Å². The fourth-order valence-electron chi connectivity index (χ4n) is 2.71. The van der Waals surface area contributed by atoms with Crippen LogP contribution in [-0.4, -0.2) is 22.5 Å². The van der Waals surface area contributed by atoms with E-state index in [1.54, 1.807) is 0 Å². The van der Waals surface area contributed by atoms with Gasteiger partial charge in [-0.1, -0.05) is 18.9 Å². The van der Waals surface area contributed by atoms with Gasteiger partial charge < -0.3 is 10.4 Å². The number of aliphatic carboxylic acids is 1. The van der Waals surface area contributed by atoms with Crippen LogP contribution in [0.4, 0.5) is 8.78 Å². The van der Waals surface area contributed by atoms with Crippen molar-refractivity contribution in [2.75, 3.05) is 0 Å². The number of nitrogens with one attached hydrogen (secondary N) is 1. The van der Waals surface area contributed by atoms with Crippen LogP contribution >= 0.6 is 0 Å². The largest absolute Gasteiger partial charge is 0.481 e. The van der Waals surface area contributed by atoms with E-state index < -0.39 is 34.6 Å². The standard InChI is InChI=1S/C14H15F2NO3/c15-9-4-3-5-10(16)12(9)13(20)17-14(8-11(18)19)6-1-2-7-14/h3-5H,1-2,6-8H2,(H,17,20)(H,18,19). The summed E-state index contributed by atoms with van der Waals surface area (Å²) in [5.41, 5.74) is -1.57. The van der Waals surface area contributed by atoms with Gasteiger partial charge in [-0.25, -0.2) is 8.78 Å². The van der Waals surface area contributed by atoms with Crippen LogP contribution in [0.2, 0.25) is 0 Å². The van der Waals surface area contributed by atoms with Crippen LogP contribution in [-0.2, 0) is 4.79 Å². The van der Waals surface area contributed by atoms with E-state index in [0.29, 0.717) is 12.8 Å². The molecule has 0 aliphatic heterocycles. The van der Waals surface area contributed by atoms with Gasteiger partial charge in [0.05, 0.1) is 12.0 Å². The van der Waals surface area contributed by atoms with Crippen LogP contribution in [0.3, 0.4) is 0 Å². The van der Waals surface area contributed by atoms with E-state index in [0.717, 1.165) is 25.0 Å². The summed E-state index contributed by atoms with van der Waals surface area (Å²) in [5.74, 6) is -3.85. The maximum absolute atomic E-state index is 13.5. The van der Waals surface area contributed by atoms with Gasteiger partial charge in [-0.3, -0.25) is 9.59 Å². The summed E-state index contributed by atoms with van der Waals surface area (Å²) < 4.78 is 27.1. The summed E-state index contributed by atoms with van der Waals surface area (Å²) in [4.78, 5) is 23.0. The second kappa shape index (κ2) is 5.56. The molecule has 0 aromatic heterocycles. The highest BCUT2D eigenvalue weighted by molar-refractivity contribution is 5.95. The predicted molar refractivity (Wildman–Crippen MR) is 67.3 cm³/mol. The van der Waals surface area contributed by atoms with Crippen molar-refractivity contribution in [3.05, 3.63) is 35.4 Å². The Morgan fingerprint density at radius 3 is 2.25 bits per heavy atom. The summed E-state index contributed by atoms with van der Waals surface area (Å²) >= 11 is 0. The van der Waals surface area contributed by atoms with Crippen molar-refractivity contribution in [1.82, 2.24) is 5.32 Å². The minimum Gasteiger partial charge on any atom is -0.481 e. The molecule has 2 N–H and O–H groups in total. The molecule has 108 valence electrons. The Bertz CT molecular complexity index is 519. The summed E-state index contributed by atoms with van der Waals surface area (Å²) in [7, 11) is 0. The molecule has 0 unspecified atom stereocenters. The van der Waals surface area contributed by atoms with Crippen molar-refractivity contribution >= 4 is 11.9 Å². The lowest BCUT2D eigenvalue weighted by atomic mass is 9.92. The van der Waals surface area contributed by atoms with E-state index in [4.69, 9.17) is 5.11 Å². The van der Waals surface area contributed by atoms with Gasteiger partial charge in [0.1, 0.15) is 17.2 Å². The van der Waals surface area contributed by atoms with Crippen LogP contribution in [0.5, 0.6) is 0 Å². The van der Waals surface area contributed by atoms with E-state index in [9.17, 15) is 18.4 Å². The number of amides is 1. The molecule has 20 heavy (non-hydrogen) atoms. The topological polar surface area (TPSA) is 66.4 Å². The number of hydrogen-bond donors (Lipinski definition) is 2. The Morgan fingerprint density at radius 2 is 1.75 bits per heavy atom. The van der Waals surface area contributed by atoms with Gasteiger partial charge >= 0.3 is 5.97 Å². The second-order valence-electron chi connectivity index (χ2n) is 5.11. The molecule has 1 amide bonds. The third kappa shape index (κ3) is 2.95. The van der Waals surface area contributed by atoms with Gasteiger partial charge in [0.15, 0.2) is 0 Å². The normalized spacial score (nSPS) is 16.9. The molecule has 0 saturated heterocycles. The second-order valence-corrected chi connectivity index (χ2v) is 5.11. The summed E-state index contributed by atoms with van der Waals surface area (Å²) in [6, 6.07) is 3.16. The molecule has 1 aliphatic carbocycles. The predicted octanol–water partition coefficient (Wildman–Crippen LogP) is 2.48. The average molecular weight is 283 g/mol. The monoisotopic (exact) mass is 283 g/mol. The van der Waals surface area contributed by atoms with Crippen LogP contribution in [0.15, 0.2) is 18.2 Å². The molecule has 1 aromatic carbocycles. The Labute approximate surface area is 114 Å². The van der Waals surface area contributed by atoms with E-state index in [1.807, 2.05) is 0 Å². The number of carbonyl (C=O) groups excluding carboxylic acids is 1. The van der Waals surface area contributed by atoms with Gasteiger partial charge in [-0.2, -0.15) is 0 Å². The van der Waals surface area contributed by atoms with E-state index in [-0.39, 0.29) is 6.42 Å². The number of hydrogen-bond acceptors (Lipinski definition) is 2. The zero-order valence-electron chi connectivity index (χ0n) is 10.8. The lowest BCUT2D eigenvalue weighted by molar-refractivity contribution is -0.138. The summed E-state index contributed by atoms with van der Waals surface area (Å²) in [6.07, 6.45) is 2.33. The van der Waals surface area contributed by atoms with Crippen molar-refractivity contribution in [1.29, 1.82) is 0 Å². The van der Waals surface area contributed by atoms with E-state index in [2.05, 4.69) is 5.32 Å². The molecule has 0 spiro atoms. The SMILES string of the molecule is O=C(O)CC1(NC(=O)c2c(F)cccc2F)CCCC1.